The van der Waals surface area contributed by atoms with Crippen molar-refractivity contribution in [2.45, 2.75) is 70.5 Å². The normalized spacial score (nSPS) is 12.6. The Bertz CT molecular complexity index is 1470. The summed E-state index contributed by atoms with van der Waals surface area (Å²) >= 11 is 12.3. The number of halogens is 2. The van der Waals surface area contributed by atoms with E-state index in [4.69, 9.17) is 23.2 Å². The van der Waals surface area contributed by atoms with Crippen LogP contribution in [0.4, 0.5) is 5.69 Å². The third kappa shape index (κ3) is 8.47. The molecule has 0 aliphatic rings. The molecule has 0 saturated carbocycles. The van der Waals surface area contributed by atoms with Gasteiger partial charge in [-0.25, -0.2) is 8.42 Å². The number of carbonyl (C=O) groups is 2. The topological polar surface area (TPSA) is 86.8 Å². The number of hydrogen-bond acceptors (Lipinski definition) is 4. The average Bonchev–Trinajstić information content (AvgIpc) is 2.91. The van der Waals surface area contributed by atoms with Crippen molar-refractivity contribution in [3.63, 3.8) is 0 Å². The number of amides is 2. The average molecular weight is 619 g/mol. The second-order valence-electron chi connectivity index (χ2n) is 11.3. The van der Waals surface area contributed by atoms with Crippen LogP contribution >= 0.6 is 23.2 Å². The minimum absolute atomic E-state index is 0.0139. The minimum Gasteiger partial charge on any atom is -0.350 e. The van der Waals surface area contributed by atoms with Gasteiger partial charge in [-0.1, -0.05) is 73.4 Å². The summed E-state index contributed by atoms with van der Waals surface area (Å²) in [6.07, 6.45) is 0. The standard InChI is InChI=1S/C31H37Cl2N3O4S/c1-21(2)24-13-15-25(16-14-24)36(41(39,40)26-10-8-7-9-11-26)20-29(37)35(22(3)30(38)34-31(4,5)6)19-23-12-17-27(32)28(33)18-23/h7-18,21-22H,19-20H2,1-6H3,(H,34,38)/t22-/m0/s1. The first-order valence-corrected chi connectivity index (χ1v) is 15.5. The molecule has 3 aromatic carbocycles. The fraction of sp³-hybridized carbons (Fsp3) is 0.355. The molecule has 0 aromatic heterocycles. The molecule has 3 aromatic rings. The maximum atomic E-state index is 14.0. The van der Waals surface area contributed by atoms with Crippen LogP contribution in [0.2, 0.25) is 10.0 Å². The van der Waals surface area contributed by atoms with E-state index in [9.17, 15) is 18.0 Å². The maximum Gasteiger partial charge on any atom is 0.264 e. The van der Waals surface area contributed by atoms with Crippen molar-refractivity contribution in [1.82, 2.24) is 10.2 Å². The van der Waals surface area contributed by atoms with Crippen LogP contribution in [0.15, 0.2) is 77.7 Å². The van der Waals surface area contributed by atoms with Crippen molar-refractivity contribution < 1.29 is 18.0 Å². The molecule has 0 unspecified atom stereocenters. The molecule has 0 aliphatic heterocycles. The van der Waals surface area contributed by atoms with E-state index < -0.39 is 34.1 Å². The molecule has 7 nitrogen and oxygen atoms in total. The van der Waals surface area contributed by atoms with E-state index in [0.29, 0.717) is 21.3 Å². The van der Waals surface area contributed by atoms with Crippen LogP contribution in [-0.4, -0.2) is 43.3 Å². The van der Waals surface area contributed by atoms with E-state index in [1.807, 2.05) is 46.8 Å². The van der Waals surface area contributed by atoms with E-state index >= 15 is 0 Å². The van der Waals surface area contributed by atoms with Gasteiger partial charge in [-0.05, 0) is 81.1 Å². The number of sulfonamides is 1. The number of hydrogen-bond donors (Lipinski definition) is 1. The SMILES string of the molecule is CC(C)c1ccc(N(CC(=O)N(Cc2ccc(Cl)c(Cl)c2)[C@@H](C)C(=O)NC(C)(C)C)S(=O)(=O)c2ccccc2)cc1. The Balaban J connectivity index is 2.05. The van der Waals surface area contributed by atoms with Gasteiger partial charge in [0.05, 0.1) is 20.6 Å². The molecule has 3 rings (SSSR count). The van der Waals surface area contributed by atoms with Gasteiger partial charge in [0.15, 0.2) is 0 Å². The first-order chi connectivity index (χ1) is 19.1. The van der Waals surface area contributed by atoms with Crippen molar-refractivity contribution in [3.8, 4) is 0 Å². The second kappa shape index (κ2) is 13.3. The number of benzene rings is 3. The highest BCUT2D eigenvalue weighted by molar-refractivity contribution is 7.92. The maximum absolute atomic E-state index is 14.0. The van der Waals surface area contributed by atoms with Crippen LogP contribution in [0.5, 0.6) is 0 Å². The largest absolute Gasteiger partial charge is 0.350 e. The lowest BCUT2D eigenvalue weighted by Gasteiger charge is -2.33. The molecule has 10 heteroatoms. The summed E-state index contributed by atoms with van der Waals surface area (Å²) in [5.74, 6) is -0.682. The molecule has 2 amide bonds. The quantitative estimate of drug-likeness (QED) is 0.276. The highest BCUT2D eigenvalue weighted by Crippen LogP contribution is 2.27. The van der Waals surface area contributed by atoms with Gasteiger partial charge in [0, 0.05) is 12.1 Å². The van der Waals surface area contributed by atoms with Crippen molar-refractivity contribution in [2.75, 3.05) is 10.8 Å². The highest BCUT2D eigenvalue weighted by Gasteiger charge is 2.33. The Kier molecular flexibility index (Phi) is 10.5. The Morgan fingerprint density at radius 1 is 0.878 bits per heavy atom. The molecule has 41 heavy (non-hydrogen) atoms. The minimum atomic E-state index is -4.13. The molecule has 0 heterocycles. The van der Waals surface area contributed by atoms with E-state index in [0.717, 1.165) is 9.87 Å². The summed E-state index contributed by atoms with van der Waals surface area (Å²) in [7, 11) is -4.13. The summed E-state index contributed by atoms with van der Waals surface area (Å²) in [4.78, 5) is 28.6. The van der Waals surface area contributed by atoms with Crippen LogP contribution in [0, 0.1) is 0 Å². The van der Waals surface area contributed by atoms with E-state index in [2.05, 4.69) is 5.32 Å². The van der Waals surface area contributed by atoms with Gasteiger partial charge >= 0.3 is 0 Å². The van der Waals surface area contributed by atoms with Gasteiger partial charge in [0.1, 0.15) is 12.6 Å². The molecule has 1 N–H and O–H groups in total. The molecule has 0 radical (unpaired) electrons. The van der Waals surface area contributed by atoms with Crippen molar-refractivity contribution in [1.29, 1.82) is 0 Å². The summed E-state index contributed by atoms with van der Waals surface area (Å²) < 4.78 is 28.9. The zero-order valence-corrected chi connectivity index (χ0v) is 26.5. The number of nitrogens with one attached hydrogen (secondary N) is 1. The molecule has 0 aliphatic carbocycles. The fourth-order valence-electron chi connectivity index (χ4n) is 4.17. The highest BCUT2D eigenvalue weighted by atomic mass is 35.5. The molecule has 0 bridgehead atoms. The predicted molar refractivity (Wildman–Crippen MR) is 166 cm³/mol. The van der Waals surface area contributed by atoms with Crippen molar-refractivity contribution >= 4 is 50.7 Å². The second-order valence-corrected chi connectivity index (χ2v) is 13.9. The Morgan fingerprint density at radius 2 is 1.49 bits per heavy atom. The third-order valence-electron chi connectivity index (χ3n) is 6.46. The van der Waals surface area contributed by atoms with Crippen molar-refractivity contribution in [2.24, 2.45) is 0 Å². The summed E-state index contributed by atoms with van der Waals surface area (Å²) in [6.45, 7) is 10.7. The monoisotopic (exact) mass is 617 g/mol. The molecule has 1 atom stereocenters. The smallest absolute Gasteiger partial charge is 0.264 e. The summed E-state index contributed by atoms with van der Waals surface area (Å²) in [5, 5.41) is 3.57. The predicted octanol–water partition coefficient (Wildman–Crippen LogP) is 6.64. The molecule has 0 fully saturated rings. The van der Waals surface area contributed by atoms with Crippen LogP contribution < -0.4 is 9.62 Å². The lowest BCUT2D eigenvalue weighted by Crippen LogP contribution is -2.54. The lowest BCUT2D eigenvalue weighted by molar-refractivity contribution is -0.140. The number of anilines is 1. The number of rotatable bonds is 10. The van der Waals surface area contributed by atoms with Crippen LogP contribution in [-0.2, 0) is 26.2 Å². The van der Waals surface area contributed by atoms with Gasteiger partial charge in [0.2, 0.25) is 11.8 Å². The fourth-order valence-corrected chi connectivity index (χ4v) is 5.92. The molecular weight excluding hydrogens is 581 g/mol. The first-order valence-electron chi connectivity index (χ1n) is 13.3. The van der Waals surface area contributed by atoms with E-state index in [1.54, 1.807) is 55.5 Å². The zero-order valence-electron chi connectivity index (χ0n) is 24.2. The summed E-state index contributed by atoms with van der Waals surface area (Å²) in [6, 6.07) is 19.1. The number of nitrogens with zero attached hydrogens (tertiary/aromatic N) is 2. The molecule has 220 valence electrons. The molecule has 0 saturated heterocycles. The van der Waals surface area contributed by atoms with Crippen molar-refractivity contribution in [3.05, 3.63) is 94.0 Å². The van der Waals surface area contributed by atoms with Crippen LogP contribution in [0.3, 0.4) is 0 Å². The van der Waals surface area contributed by atoms with Crippen LogP contribution in [0.25, 0.3) is 0 Å². The zero-order chi connectivity index (χ0) is 30.5. The Hall–Kier alpha value is -3.07. The van der Waals surface area contributed by atoms with Gasteiger partial charge < -0.3 is 10.2 Å². The Morgan fingerprint density at radius 3 is 2.02 bits per heavy atom. The lowest BCUT2D eigenvalue weighted by atomic mass is 10.0. The van der Waals surface area contributed by atoms with Gasteiger partial charge in [-0.15, -0.1) is 0 Å². The molecule has 0 spiro atoms. The van der Waals surface area contributed by atoms with Gasteiger partial charge in [-0.3, -0.25) is 13.9 Å². The number of carbonyl (C=O) groups excluding carboxylic acids is 2. The Labute approximate surface area is 253 Å². The molecular formula is C31H37Cl2N3O4S. The van der Waals surface area contributed by atoms with Crippen LogP contribution in [0.1, 0.15) is 58.6 Å². The third-order valence-corrected chi connectivity index (χ3v) is 8.99. The van der Waals surface area contributed by atoms with Gasteiger partial charge in [-0.2, -0.15) is 0 Å². The van der Waals surface area contributed by atoms with E-state index in [1.165, 1.54) is 17.0 Å². The van der Waals surface area contributed by atoms with E-state index in [-0.39, 0.29) is 23.3 Å². The first kappa shape index (κ1) is 32.4. The van der Waals surface area contributed by atoms with Gasteiger partial charge in [0.25, 0.3) is 10.0 Å². The summed E-state index contributed by atoms with van der Waals surface area (Å²) in [5.41, 5.74) is 1.48.